The lowest BCUT2D eigenvalue weighted by atomic mass is 9.87. The standard InChI is InChI=1S/C18H17I/c1-18(2,3)16-12-9-14(10-13-16)8-11-15-6-4-5-7-17(15)19/h4-7,9-10,12-13H,1-3H3. The van der Waals surface area contributed by atoms with Gasteiger partial charge in [-0.3, -0.25) is 0 Å². The van der Waals surface area contributed by atoms with Crippen LogP contribution in [0.2, 0.25) is 0 Å². The molecule has 0 N–H and O–H groups in total. The quantitative estimate of drug-likeness (QED) is 0.459. The first kappa shape index (κ1) is 14.1. The van der Waals surface area contributed by atoms with Gasteiger partial charge in [-0.25, -0.2) is 0 Å². The van der Waals surface area contributed by atoms with Crippen molar-refractivity contribution in [3.63, 3.8) is 0 Å². The van der Waals surface area contributed by atoms with Crippen molar-refractivity contribution >= 4 is 22.6 Å². The Bertz CT molecular complexity index is 619. The number of halogens is 1. The van der Waals surface area contributed by atoms with E-state index in [1.54, 1.807) is 0 Å². The first-order valence-corrected chi connectivity index (χ1v) is 7.42. The smallest absolute Gasteiger partial charge is 0.0382 e. The summed E-state index contributed by atoms with van der Waals surface area (Å²) >= 11 is 2.32. The Kier molecular flexibility index (Phi) is 4.31. The molecule has 0 bridgehead atoms. The van der Waals surface area contributed by atoms with Crippen LogP contribution in [0.25, 0.3) is 0 Å². The highest BCUT2D eigenvalue weighted by Crippen LogP contribution is 2.22. The molecule has 0 saturated carbocycles. The van der Waals surface area contributed by atoms with Gasteiger partial charge in [0.25, 0.3) is 0 Å². The minimum Gasteiger partial charge on any atom is -0.0616 e. The van der Waals surface area contributed by atoms with Gasteiger partial charge < -0.3 is 0 Å². The van der Waals surface area contributed by atoms with Crippen molar-refractivity contribution in [1.82, 2.24) is 0 Å². The van der Waals surface area contributed by atoms with Crippen LogP contribution in [0.4, 0.5) is 0 Å². The highest BCUT2D eigenvalue weighted by Gasteiger charge is 2.12. The summed E-state index contributed by atoms with van der Waals surface area (Å²) in [5.74, 6) is 6.46. The van der Waals surface area contributed by atoms with Crippen LogP contribution in [0, 0.1) is 15.4 Å². The van der Waals surface area contributed by atoms with E-state index in [9.17, 15) is 0 Å². The summed E-state index contributed by atoms with van der Waals surface area (Å²) in [4.78, 5) is 0. The highest BCUT2D eigenvalue weighted by molar-refractivity contribution is 14.1. The van der Waals surface area contributed by atoms with Gasteiger partial charge >= 0.3 is 0 Å². The van der Waals surface area contributed by atoms with E-state index in [0.29, 0.717) is 0 Å². The SMILES string of the molecule is CC(C)(C)c1ccc(C#Cc2ccccc2I)cc1. The molecule has 0 amide bonds. The number of rotatable bonds is 0. The molecular weight excluding hydrogens is 343 g/mol. The summed E-state index contributed by atoms with van der Waals surface area (Å²) in [6.45, 7) is 6.67. The molecule has 0 aliphatic heterocycles. The van der Waals surface area contributed by atoms with Crippen molar-refractivity contribution in [2.45, 2.75) is 26.2 Å². The van der Waals surface area contributed by atoms with Crippen molar-refractivity contribution < 1.29 is 0 Å². The van der Waals surface area contributed by atoms with Gasteiger partial charge in [-0.1, -0.05) is 56.9 Å². The summed E-state index contributed by atoms with van der Waals surface area (Å²) in [5, 5.41) is 0. The largest absolute Gasteiger partial charge is 0.0616 e. The molecule has 0 heterocycles. The van der Waals surface area contributed by atoms with Crippen molar-refractivity contribution in [2.75, 3.05) is 0 Å². The fraction of sp³-hybridized carbons (Fsp3) is 0.222. The third-order valence-electron chi connectivity index (χ3n) is 2.97. The molecule has 0 nitrogen and oxygen atoms in total. The summed E-state index contributed by atoms with van der Waals surface area (Å²) in [5.41, 5.74) is 3.68. The normalized spacial score (nSPS) is 10.7. The molecule has 2 aromatic rings. The van der Waals surface area contributed by atoms with Gasteiger partial charge in [0.05, 0.1) is 0 Å². The molecular formula is C18H17I. The Morgan fingerprint density at radius 1 is 0.842 bits per heavy atom. The molecule has 0 aromatic heterocycles. The monoisotopic (exact) mass is 360 g/mol. The molecule has 19 heavy (non-hydrogen) atoms. The average molecular weight is 360 g/mol. The maximum Gasteiger partial charge on any atom is 0.0382 e. The molecule has 0 atom stereocenters. The first-order valence-electron chi connectivity index (χ1n) is 6.34. The predicted molar refractivity (Wildman–Crippen MR) is 90.3 cm³/mol. The van der Waals surface area contributed by atoms with Crippen LogP contribution in [0.5, 0.6) is 0 Å². The summed E-state index contributed by atoms with van der Waals surface area (Å²) in [7, 11) is 0. The minimum absolute atomic E-state index is 0.195. The lowest BCUT2D eigenvalue weighted by molar-refractivity contribution is 0.590. The van der Waals surface area contributed by atoms with E-state index in [1.165, 1.54) is 9.13 Å². The molecule has 1 heteroatoms. The van der Waals surface area contributed by atoms with Gasteiger partial charge in [-0.2, -0.15) is 0 Å². The fourth-order valence-corrected chi connectivity index (χ4v) is 2.28. The lowest BCUT2D eigenvalue weighted by Gasteiger charge is -2.18. The molecule has 0 radical (unpaired) electrons. The lowest BCUT2D eigenvalue weighted by Crippen LogP contribution is -2.10. The molecule has 0 saturated heterocycles. The van der Waals surface area contributed by atoms with E-state index in [-0.39, 0.29) is 5.41 Å². The van der Waals surface area contributed by atoms with Crippen LogP contribution >= 0.6 is 22.6 Å². The molecule has 0 spiro atoms. The third-order valence-corrected chi connectivity index (χ3v) is 3.91. The predicted octanol–water partition coefficient (Wildman–Crippen LogP) is 4.99. The molecule has 0 unspecified atom stereocenters. The highest BCUT2D eigenvalue weighted by atomic mass is 127. The van der Waals surface area contributed by atoms with E-state index in [4.69, 9.17) is 0 Å². The van der Waals surface area contributed by atoms with Gasteiger partial charge in [-0.05, 0) is 57.8 Å². The Morgan fingerprint density at radius 2 is 1.47 bits per heavy atom. The van der Waals surface area contributed by atoms with Gasteiger partial charge in [0.15, 0.2) is 0 Å². The number of hydrogen-bond donors (Lipinski definition) is 0. The van der Waals surface area contributed by atoms with Crippen LogP contribution in [0.15, 0.2) is 48.5 Å². The number of hydrogen-bond acceptors (Lipinski definition) is 0. The van der Waals surface area contributed by atoms with Crippen molar-refractivity contribution in [3.05, 3.63) is 68.8 Å². The van der Waals surface area contributed by atoms with E-state index in [0.717, 1.165) is 11.1 Å². The van der Waals surface area contributed by atoms with Gasteiger partial charge in [-0.15, -0.1) is 0 Å². The zero-order valence-electron chi connectivity index (χ0n) is 11.5. The zero-order chi connectivity index (χ0) is 13.9. The van der Waals surface area contributed by atoms with E-state index < -0.39 is 0 Å². The summed E-state index contributed by atoms with van der Waals surface area (Å²) in [6, 6.07) is 16.7. The second-order valence-corrected chi connectivity index (χ2v) is 6.72. The van der Waals surface area contributed by atoms with Crippen molar-refractivity contribution in [3.8, 4) is 11.8 Å². The topological polar surface area (TPSA) is 0 Å². The molecule has 2 aromatic carbocycles. The van der Waals surface area contributed by atoms with E-state index in [1.807, 2.05) is 12.1 Å². The molecule has 0 fully saturated rings. The number of benzene rings is 2. The second-order valence-electron chi connectivity index (χ2n) is 5.56. The van der Waals surface area contributed by atoms with Crippen LogP contribution < -0.4 is 0 Å². The van der Waals surface area contributed by atoms with Gasteiger partial charge in [0, 0.05) is 14.7 Å². The average Bonchev–Trinajstić information content (AvgIpc) is 2.37. The summed E-state index contributed by atoms with van der Waals surface area (Å²) in [6.07, 6.45) is 0. The van der Waals surface area contributed by atoms with Crippen LogP contribution in [-0.4, -0.2) is 0 Å². The molecule has 0 aliphatic carbocycles. The maximum absolute atomic E-state index is 3.23. The summed E-state index contributed by atoms with van der Waals surface area (Å²) < 4.78 is 1.19. The Labute approximate surface area is 129 Å². The first-order chi connectivity index (χ1) is 8.97. The van der Waals surface area contributed by atoms with Crippen molar-refractivity contribution in [1.29, 1.82) is 0 Å². The van der Waals surface area contributed by atoms with Gasteiger partial charge in [0.2, 0.25) is 0 Å². The Hall–Kier alpha value is -1.27. The van der Waals surface area contributed by atoms with Crippen molar-refractivity contribution in [2.24, 2.45) is 0 Å². The molecule has 0 aliphatic rings. The van der Waals surface area contributed by atoms with Crippen LogP contribution in [0.1, 0.15) is 37.5 Å². The minimum atomic E-state index is 0.195. The third kappa shape index (κ3) is 3.84. The Morgan fingerprint density at radius 3 is 2.05 bits per heavy atom. The van der Waals surface area contributed by atoms with Crippen LogP contribution in [0.3, 0.4) is 0 Å². The van der Waals surface area contributed by atoms with Crippen LogP contribution in [-0.2, 0) is 5.41 Å². The second kappa shape index (κ2) is 5.79. The zero-order valence-corrected chi connectivity index (χ0v) is 13.7. The fourth-order valence-electron chi connectivity index (χ4n) is 1.76. The maximum atomic E-state index is 3.23. The molecule has 2 rings (SSSR count). The Balaban J connectivity index is 2.24. The van der Waals surface area contributed by atoms with E-state index in [2.05, 4.69) is 91.6 Å². The van der Waals surface area contributed by atoms with Gasteiger partial charge in [0.1, 0.15) is 0 Å². The molecule has 96 valence electrons. The van der Waals surface area contributed by atoms with E-state index >= 15 is 0 Å².